The van der Waals surface area contributed by atoms with Gasteiger partial charge in [-0.3, -0.25) is 15.0 Å². The third-order valence-corrected chi connectivity index (χ3v) is 7.91. The largest absolute Gasteiger partial charge is 0.494 e. The summed E-state index contributed by atoms with van der Waals surface area (Å²) < 4.78 is 18.6. The van der Waals surface area contributed by atoms with Crippen LogP contribution in [0.1, 0.15) is 62.8 Å². The topological polar surface area (TPSA) is 118 Å². The number of aliphatic hydroxyl groups is 1. The molecule has 1 amide bonds. The number of hydrazine groups is 1. The number of halogens is 2. The molecule has 1 aliphatic rings. The standard InChI is InChI=1S/C34H39BrClN3O6/c1-33(2,3)45-29(41)17-19-34(32(42)39-37-20-18-23-7-4-5-8-28(23)36)30(24-9-13-26(35)14-10-24)44-31(38-34)25-11-15-27(16-12-25)43-22-6-21-40/h4-5,7-16,30,37,40H,6,17-22H2,1-3H3,(H,39,42)/t30-,34-/m0/s1. The molecule has 0 aromatic heterocycles. The Balaban J connectivity index is 1.64. The zero-order valence-electron chi connectivity index (χ0n) is 25.6. The Kier molecular flexibility index (Phi) is 12.0. The monoisotopic (exact) mass is 699 g/mol. The van der Waals surface area contributed by atoms with E-state index in [0.717, 1.165) is 15.6 Å². The molecule has 1 aliphatic heterocycles. The summed E-state index contributed by atoms with van der Waals surface area (Å²) in [7, 11) is 0. The second kappa shape index (κ2) is 15.7. The number of benzene rings is 3. The third-order valence-electron chi connectivity index (χ3n) is 7.01. The molecule has 4 rings (SSSR count). The zero-order chi connectivity index (χ0) is 32.5. The van der Waals surface area contributed by atoms with Gasteiger partial charge in [-0.25, -0.2) is 10.4 Å². The molecule has 3 aromatic rings. The average Bonchev–Trinajstić information content (AvgIpc) is 3.40. The second-order valence-electron chi connectivity index (χ2n) is 11.6. The number of hydrogen-bond donors (Lipinski definition) is 3. The van der Waals surface area contributed by atoms with Crippen molar-refractivity contribution in [3.05, 3.63) is 99.0 Å². The first kappa shape index (κ1) is 34.4. The van der Waals surface area contributed by atoms with Crippen molar-refractivity contribution >= 4 is 45.3 Å². The molecule has 0 bridgehead atoms. The maximum atomic E-state index is 14.2. The van der Waals surface area contributed by atoms with Crippen LogP contribution in [-0.2, 0) is 25.5 Å². The Labute approximate surface area is 277 Å². The third kappa shape index (κ3) is 9.53. The van der Waals surface area contributed by atoms with Crippen LogP contribution in [0.3, 0.4) is 0 Å². The highest BCUT2D eigenvalue weighted by molar-refractivity contribution is 9.10. The number of hydrogen-bond acceptors (Lipinski definition) is 8. The number of rotatable bonds is 14. The summed E-state index contributed by atoms with van der Waals surface area (Å²) in [5.74, 6) is 0.00757. The van der Waals surface area contributed by atoms with Crippen molar-refractivity contribution in [2.24, 2.45) is 4.99 Å². The summed E-state index contributed by atoms with van der Waals surface area (Å²) in [6, 6.07) is 22.2. The van der Waals surface area contributed by atoms with E-state index in [1.807, 2.05) is 48.5 Å². The summed E-state index contributed by atoms with van der Waals surface area (Å²) in [6.07, 6.45) is 0.239. The fourth-order valence-corrected chi connectivity index (χ4v) is 5.34. The molecule has 3 N–H and O–H groups in total. The SMILES string of the molecule is CC(C)(C)OC(=O)CC[C@]1(C(=O)NNCCc2ccccc2Cl)N=C(c2ccc(OCCCO)cc2)O[C@H]1c1ccc(Br)cc1. The van der Waals surface area contributed by atoms with Gasteiger partial charge in [0, 0.05) is 41.1 Å². The van der Waals surface area contributed by atoms with E-state index in [1.54, 1.807) is 45.0 Å². The lowest BCUT2D eigenvalue weighted by Gasteiger charge is -2.31. The molecule has 0 unspecified atom stereocenters. The van der Waals surface area contributed by atoms with Gasteiger partial charge in [0.1, 0.15) is 11.4 Å². The molecule has 0 radical (unpaired) electrons. The number of ether oxygens (including phenoxy) is 3. The van der Waals surface area contributed by atoms with Gasteiger partial charge in [-0.2, -0.15) is 0 Å². The number of aliphatic imine (C=N–C) groups is 1. The van der Waals surface area contributed by atoms with E-state index >= 15 is 0 Å². The van der Waals surface area contributed by atoms with Crippen molar-refractivity contribution < 1.29 is 28.9 Å². The van der Waals surface area contributed by atoms with Crippen LogP contribution in [0.15, 0.2) is 82.3 Å². The minimum atomic E-state index is -1.51. The molecule has 0 saturated heterocycles. The van der Waals surface area contributed by atoms with E-state index in [0.29, 0.717) is 42.3 Å². The van der Waals surface area contributed by atoms with E-state index in [1.165, 1.54) is 0 Å². The molecule has 45 heavy (non-hydrogen) atoms. The first-order valence-electron chi connectivity index (χ1n) is 14.9. The molecule has 0 spiro atoms. The number of esters is 1. The van der Waals surface area contributed by atoms with Gasteiger partial charge in [0.25, 0.3) is 5.91 Å². The Hall–Kier alpha value is -3.44. The molecular formula is C34H39BrClN3O6. The molecule has 2 atom stereocenters. The predicted molar refractivity (Wildman–Crippen MR) is 177 cm³/mol. The fourth-order valence-electron chi connectivity index (χ4n) is 4.84. The number of nitrogens with one attached hydrogen (secondary N) is 2. The van der Waals surface area contributed by atoms with Crippen molar-refractivity contribution in [1.82, 2.24) is 10.9 Å². The predicted octanol–water partition coefficient (Wildman–Crippen LogP) is 6.11. The van der Waals surface area contributed by atoms with Crippen LogP contribution >= 0.6 is 27.5 Å². The normalized spacial score (nSPS) is 17.7. The van der Waals surface area contributed by atoms with Gasteiger partial charge in [-0.1, -0.05) is 57.9 Å². The van der Waals surface area contributed by atoms with Crippen LogP contribution in [0, 0.1) is 0 Å². The van der Waals surface area contributed by atoms with Crippen molar-refractivity contribution in [3.8, 4) is 5.75 Å². The van der Waals surface area contributed by atoms with Gasteiger partial charge in [0.05, 0.1) is 6.61 Å². The highest BCUT2D eigenvalue weighted by Gasteiger charge is 2.53. The fraction of sp³-hybridized carbons (Fsp3) is 0.382. The lowest BCUT2D eigenvalue weighted by molar-refractivity contribution is -0.155. The maximum Gasteiger partial charge on any atom is 0.306 e. The van der Waals surface area contributed by atoms with Gasteiger partial charge < -0.3 is 19.3 Å². The van der Waals surface area contributed by atoms with E-state index in [9.17, 15) is 9.59 Å². The van der Waals surface area contributed by atoms with Crippen LogP contribution in [0.25, 0.3) is 0 Å². The molecule has 11 heteroatoms. The first-order valence-corrected chi connectivity index (χ1v) is 16.0. The van der Waals surface area contributed by atoms with E-state index in [-0.39, 0.29) is 25.3 Å². The van der Waals surface area contributed by atoms with Gasteiger partial charge in [-0.15, -0.1) is 0 Å². The van der Waals surface area contributed by atoms with Crippen LogP contribution < -0.4 is 15.6 Å². The molecule has 0 aliphatic carbocycles. The summed E-state index contributed by atoms with van der Waals surface area (Å²) >= 11 is 9.79. The first-order chi connectivity index (χ1) is 21.5. The van der Waals surface area contributed by atoms with Gasteiger partial charge in [-0.05, 0) is 87.2 Å². The van der Waals surface area contributed by atoms with Gasteiger partial charge >= 0.3 is 5.97 Å². The van der Waals surface area contributed by atoms with Crippen molar-refractivity contribution in [2.75, 3.05) is 19.8 Å². The number of nitrogens with zero attached hydrogens (tertiary/aromatic N) is 1. The highest BCUT2D eigenvalue weighted by Crippen LogP contribution is 2.43. The van der Waals surface area contributed by atoms with Crippen molar-refractivity contribution in [2.45, 2.75) is 63.7 Å². The quantitative estimate of drug-likeness (QED) is 0.106. The van der Waals surface area contributed by atoms with Gasteiger partial charge in [0.15, 0.2) is 11.6 Å². The van der Waals surface area contributed by atoms with E-state index in [4.69, 9.17) is 35.9 Å². The molecule has 240 valence electrons. The number of aliphatic hydroxyl groups excluding tert-OH is 1. The molecular weight excluding hydrogens is 662 g/mol. The lowest BCUT2D eigenvalue weighted by atomic mass is 9.83. The smallest absolute Gasteiger partial charge is 0.306 e. The molecule has 9 nitrogen and oxygen atoms in total. The van der Waals surface area contributed by atoms with Crippen LogP contribution in [0.5, 0.6) is 5.75 Å². The average molecular weight is 701 g/mol. The van der Waals surface area contributed by atoms with E-state index < -0.39 is 29.1 Å². The van der Waals surface area contributed by atoms with Crippen molar-refractivity contribution in [1.29, 1.82) is 0 Å². The van der Waals surface area contributed by atoms with Crippen LogP contribution in [0.4, 0.5) is 0 Å². The van der Waals surface area contributed by atoms with Crippen molar-refractivity contribution in [3.63, 3.8) is 0 Å². The Bertz CT molecular complexity index is 1480. The minimum Gasteiger partial charge on any atom is -0.494 e. The maximum absolute atomic E-state index is 14.2. The second-order valence-corrected chi connectivity index (χ2v) is 13.0. The van der Waals surface area contributed by atoms with E-state index in [2.05, 4.69) is 26.8 Å². The van der Waals surface area contributed by atoms with Gasteiger partial charge in [0.2, 0.25) is 5.90 Å². The summed E-state index contributed by atoms with van der Waals surface area (Å²) in [5, 5.41) is 9.69. The Morgan fingerprint density at radius 3 is 2.44 bits per heavy atom. The molecule has 0 saturated carbocycles. The minimum absolute atomic E-state index is 0.0343. The number of carbonyl (C=O) groups excluding carboxylic acids is 2. The Morgan fingerprint density at radius 2 is 1.78 bits per heavy atom. The summed E-state index contributed by atoms with van der Waals surface area (Å²) in [4.78, 5) is 32.0. The Morgan fingerprint density at radius 1 is 1.07 bits per heavy atom. The molecule has 1 heterocycles. The lowest BCUT2D eigenvalue weighted by Crippen LogP contribution is -2.53. The number of amides is 1. The number of carbonyl (C=O) groups is 2. The molecule has 0 fully saturated rings. The summed E-state index contributed by atoms with van der Waals surface area (Å²) in [5.41, 5.74) is 5.96. The zero-order valence-corrected chi connectivity index (χ0v) is 28.0. The highest BCUT2D eigenvalue weighted by atomic mass is 79.9. The van der Waals surface area contributed by atoms with Crippen LogP contribution in [-0.4, -0.2) is 53.8 Å². The van der Waals surface area contributed by atoms with Crippen LogP contribution in [0.2, 0.25) is 5.02 Å². The summed E-state index contributed by atoms with van der Waals surface area (Å²) in [6.45, 7) is 6.24. The molecule has 3 aromatic carbocycles.